The van der Waals surface area contributed by atoms with E-state index in [1.165, 1.54) is 4.90 Å². The molecule has 0 fully saturated rings. The highest BCUT2D eigenvalue weighted by Crippen LogP contribution is 2.28. The number of carbonyl (C=O) groups excluding carboxylic acids is 4. The van der Waals surface area contributed by atoms with Crippen LogP contribution >= 0.6 is 0 Å². The van der Waals surface area contributed by atoms with Gasteiger partial charge in [-0.3, -0.25) is 14.4 Å². The van der Waals surface area contributed by atoms with Crippen LogP contribution in [0.2, 0.25) is 0 Å². The lowest BCUT2D eigenvalue weighted by Crippen LogP contribution is -2.55. The zero-order chi connectivity index (χ0) is 29.0. The van der Waals surface area contributed by atoms with Crippen molar-refractivity contribution in [2.24, 2.45) is 5.92 Å². The van der Waals surface area contributed by atoms with Gasteiger partial charge in [0.25, 0.3) is 0 Å². The number of esters is 1. The normalized spacial score (nSPS) is 13.5. The second-order valence-corrected chi connectivity index (χ2v) is 10.4. The maximum atomic E-state index is 14.1. The van der Waals surface area contributed by atoms with Crippen LogP contribution in [0.25, 0.3) is 0 Å². The molecule has 0 aliphatic rings. The Balaban J connectivity index is 3.47. The number of aryl methyl sites for hydroxylation is 2. The van der Waals surface area contributed by atoms with Gasteiger partial charge in [0.15, 0.2) is 0 Å². The summed E-state index contributed by atoms with van der Waals surface area (Å²) in [7, 11) is 0. The molecule has 0 radical (unpaired) electrons. The van der Waals surface area contributed by atoms with Gasteiger partial charge in [-0.15, -0.1) is 6.58 Å². The molecule has 3 atom stereocenters. The summed E-state index contributed by atoms with van der Waals surface area (Å²) in [5.74, 6) is -1.54. The van der Waals surface area contributed by atoms with Crippen molar-refractivity contribution in [3.05, 3.63) is 47.5 Å². The summed E-state index contributed by atoms with van der Waals surface area (Å²) < 4.78 is 10.4. The fourth-order valence-electron chi connectivity index (χ4n) is 3.88. The average Bonchev–Trinajstić information content (AvgIpc) is 2.82. The molecule has 9 nitrogen and oxygen atoms in total. The third-order valence-electron chi connectivity index (χ3n) is 5.98. The molecule has 0 aliphatic carbocycles. The topological polar surface area (TPSA) is 114 Å². The van der Waals surface area contributed by atoms with Crippen LogP contribution in [-0.2, 0) is 23.9 Å². The van der Waals surface area contributed by atoms with Crippen molar-refractivity contribution in [2.75, 3.05) is 19.7 Å². The van der Waals surface area contributed by atoms with Crippen molar-refractivity contribution in [3.8, 4) is 0 Å². The Hall–Kier alpha value is -3.36. The Bertz CT molecular complexity index is 985. The Morgan fingerprint density at radius 3 is 2.34 bits per heavy atom. The van der Waals surface area contributed by atoms with Gasteiger partial charge in [0.05, 0.1) is 13.0 Å². The molecular weight excluding hydrogens is 486 g/mol. The van der Waals surface area contributed by atoms with Crippen LogP contribution in [-0.4, -0.2) is 60.1 Å². The standard InChI is InChI=1S/C29H45N3O6/c1-10-17-32(27(35)24(20(5)11-2)31-28(36)38-29(7,8)9)25(22-18-19(4)13-14-21(22)6)26(34)30-16-15-23(33)37-12-3/h10,13-14,18,20,24-25H,1,11-12,15-17H2,2-9H3,(H,30,34)(H,31,36). The SMILES string of the molecule is C=CCN(C(=O)C(NC(=O)OC(C)(C)C)C(C)CC)C(C(=O)NCCC(=O)OCC)c1cc(C)ccc1C. The van der Waals surface area contributed by atoms with Gasteiger partial charge in [-0.1, -0.05) is 50.1 Å². The first-order valence-corrected chi connectivity index (χ1v) is 13.2. The lowest BCUT2D eigenvalue weighted by molar-refractivity contribution is -0.144. The van der Waals surface area contributed by atoms with Crippen LogP contribution in [0.3, 0.4) is 0 Å². The molecule has 0 aromatic heterocycles. The Kier molecular flexibility index (Phi) is 13.0. The fraction of sp³-hybridized carbons (Fsp3) is 0.586. The molecule has 3 unspecified atom stereocenters. The van der Waals surface area contributed by atoms with Gasteiger partial charge < -0.3 is 25.0 Å². The lowest BCUT2D eigenvalue weighted by atomic mass is 9.93. The predicted molar refractivity (Wildman–Crippen MR) is 147 cm³/mol. The van der Waals surface area contributed by atoms with Crippen molar-refractivity contribution in [1.29, 1.82) is 0 Å². The third-order valence-corrected chi connectivity index (χ3v) is 5.98. The van der Waals surface area contributed by atoms with Gasteiger partial charge in [-0.05, 0) is 58.6 Å². The van der Waals surface area contributed by atoms with E-state index in [1.54, 1.807) is 33.8 Å². The highest BCUT2D eigenvalue weighted by Gasteiger charge is 2.38. The number of hydrogen-bond donors (Lipinski definition) is 2. The molecule has 0 bridgehead atoms. The third kappa shape index (κ3) is 10.2. The van der Waals surface area contributed by atoms with Gasteiger partial charge in [-0.25, -0.2) is 4.79 Å². The number of nitrogens with one attached hydrogen (secondary N) is 2. The van der Waals surface area contributed by atoms with Crippen LogP contribution in [0.4, 0.5) is 4.79 Å². The van der Waals surface area contributed by atoms with Crippen molar-refractivity contribution in [2.45, 2.75) is 85.9 Å². The van der Waals surface area contributed by atoms with Crippen LogP contribution in [0, 0.1) is 19.8 Å². The highest BCUT2D eigenvalue weighted by molar-refractivity contribution is 5.92. The predicted octanol–water partition coefficient (Wildman–Crippen LogP) is 4.37. The minimum absolute atomic E-state index is 0.00416. The zero-order valence-electron chi connectivity index (χ0n) is 24.2. The molecule has 9 heteroatoms. The number of alkyl carbamates (subject to hydrolysis) is 1. The quantitative estimate of drug-likeness (QED) is 0.289. The summed E-state index contributed by atoms with van der Waals surface area (Å²) in [6, 6.07) is 3.74. The van der Waals surface area contributed by atoms with Crippen LogP contribution in [0.5, 0.6) is 0 Å². The van der Waals surface area contributed by atoms with Crippen LogP contribution in [0.15, 0.2) is 30.9 Å². The summed E-state index contributed by atoms with van der Waals surface area (Å²) >= 11 is 0. The maximum absolute atomic E-state index is 14.1. The van der Waals surface area contributed by atoms with Gasteiger partial charge in [-0.2, -0.15) is 0 Å². The molecule has 1 aromatic carbocycles. The first-order valence-electron chi connectivity index (χ1n) is 13.2. The van der Waals surface area contributed by atoms with E-state index in [2.05, 4.69) is 17.2 Å². The molecule has 38 heavy (non-hydrogen) atoms. The van der Waals surface area contributed by atoms with E-state index in [-0.39, 0.29) is 32.0 Å². The average molecular weight is 532 g/mol. The number of carbonyl (C=O) groups is 4. The van der Waals surface area contributed by atoms with E-state index in [0.717, 1.165) is 11.1 Å². The van der Waals surface area contributed by atoms with E-state index in [9.17, 15) is 19.2 Å². The molecule has 0 spiro atoms. The van der Waals surface area contributed by atoms with Crippen molar-refractivity contribution < 1.29 is 28.7 Å². The van der Waals surface area contributed by atoms with Gasteiger partial charge in [0.1, 0.15) is 17.7 Å². The monoisotopic (exact) mass is 531 g/mol. The largest absolute Gasteiger partial charge is 0.466 e. The van der Waals surface area contributed by atoms with Crippen LogP contribution < -0.4 is 10.6 Å². The number of ether oxygens (including phenoxy) is 2. The fourth-order valence-corrected chi connectivity index (χ4v) is 3.88. The number of rotatable bonds is 13. The molecule has 0 heterocycles. The van der Waals surface area contributed by atoms with E-state index >= 15 is 0 Å². The molecule has 0 aliphatic heterocycles. The number of amides is 3. The molecule has 0 saturated carbocycles. The Morgan fingerprint density at radius 1 is 1.13 bits per heavy atom. The van der Waals surface area contributed by atoms with Gasteiger partial charge in [0, 0.05) is 13.1 Å². The molecule has 1 rings (SSSR count). The van der Waals surface area contributed by atoms with E-state index in [0.29, 0.717) is 12.0 Å². The summed E-state index contributed by atoms with van der Waals surface area (Å²) in [5, 5.41) is 5.51. The summed E-state index contributed by atoms with van der Waals surface area (Å²) in [6.45, 7) is 18.7. The minimum Gasteiger partial charge on any atom is -0.466 e. The maximum Gasteiger partial charge on any atom is 0.408 e. The number of hydrogen-bond acceptors (Lipinski definition) is 6. The summed E-state index contributed by atoms with van der Waals surface area (Å²) in [4.78, 5) is 53.6. The molecule has 0 saturated heterocycles. The number of nitrogens with zero attached hydrogens (tertiary/aromatic N) is 1. The highest BCUT2D eigenvalue weighted by atomic mass is 16.6. The van der Waals surface area contributed by atoms with Crippen LogP contribution in [0.1, 0.15) is 77.1 Å². The second kappa shape index (κ2) is 15.1. The first kappa shape index (κ1) is 32.7. The smallest absolute Gasteiger partial charge is 0.408 e. The number of benzene rings is 1. The van der Waals surface area contributed by atoms with Gasteiger partial charge in [0.2, 0.25) is 11.8 Å². The minimum atomic E-state index is -1.02. The van der Waals surface area contributed by atoms with E-state index in [4.69, 9.17) is 9.47 Å². The second-order valence-electron chi connectivity index (χ2n) is 10.4. The molecule has 2 N–H and O–H groups in total. The van der Waals surface area contributed by atoms with Gasteiger partial charge >= 0.3 is 12.1 Å². The van der Waals surface area contributed by atoms with Crippen molar-refractivity contribution in [1.82, 2.24) is 15.5 Å². The molecular formula is C29H45N3O6. The first-order chi connectivity index (χ1) is 17.7. The molecule has 3 amide bonds. The van der Waals surface area contributed by atoms with E-state index < -0.39 is 41.6 Å². The zero-order valence-corrected chi connectivity index (χ0v) is 24.2. The van der Waals surface area contributed by atoms with Crippen molar-refractivity contribution in [3.63, 3.8) is 0 Å². The lowest BCUT2D eigenvalue weighted by Gasteiger charge is -2.36. The van der Waals surface area contributed by atoms with Crippen molar-refractivity contribution >= 4 is 23.9 Å². The Labute approximate surface area is 227 Å². The summed E-state index contributed by atoms with van der Waals surface area (Å²) in [5.41, 5.74) is 1.65. The summed E-state index contributed by atoms with van der Waals surface area (Å²) in [6.07, 6.45) is 1.44. The van der Waals surface area contributed by atoms with E-state index in [1.807, 2.05) is 45.9 Å². The molecule has 212 valence electrons. The molecule has 1 aromatic rings. The Morgan fingerprint density at radius 2 is 1.79 bits per heavy atom.